The van der Waals surface area contributed by atoms with E-state index in [0.29, 0.717) is 29.4 Å². The van der Waals surface area contributed by atoms with Crippen molar-refractivity contribution in [3.63, 3.8) is 0 Å². The lowest BCUT2D eigenvalue weighted by molar-refractivity contribution is -0.119. The average Bonchev–Trinajstić information content (AvgIpc) is 2.68. The summed E-state index contributed by atoms with van der Waals surface area (Å²) in [4.78, 5) is 12.1. The van der Waals surface area contributed by atoms with Gasteiger partial charge in [-0.25, -0.2) is 4.39 Å². The zero-order valence-corrected chi connectivity index (χ0v) is 17.1. The smallest absolute Gasteiger partial charge is 0.230 e. The van der Waals surface area contributed by atoms with Crippen LogP contribution in [0.1, 0.15) is 49.7 Å². The van der Waals surface area contributed by atoms with Gasteiger partial charge in [0.2, 0.25) is 12.2 Å². The van der Waals surface area contributed by atoms with Gasteiger partial charge in [0.15, 0.2) is 0 Å². The highest BCUT2D eigenvalue weighted by Gasteiger charge is 2.25. The summed E-state index contributed by atoms with van der Waals surface area (Å²) in [5.74, 6) is 1.17. The zero-order chi connectivity index (χ0) is 19.9. The molecule has 3 rings (SSSR count). The minimum Gasteiger partial charge on any atom is -0.460 e. The van der Waals surface area contributed by atoms with E-state index in [1.54, 1.807) is 0 Å². The van der Waals surface area contributed by atoms with Gasteiger partial charge in [-0.15, -0.1) is 11.8 Å². The number of carbonyl (C=O) groups is 1. The molecule has 1 N–H and O–H groups in total. The molecule has 2 aromatic carbocycles. The predicted octanol–water partition coefficient (Wildman–Crippen LogP) is 4.97. The fourth-order valence-corrected chi connectivity index (χ4v) is 4.04. The van der Waals surface area contributed by atoms with Crippen molar-refractivity contribution in [3.05, 3.63) is 65.0 Å². The normalized spacial score (nSPS) is 16.8. The van der Waals surface area contributed by atoms with Crippen molar-refractivity contribution in [1.29, 1.82) is 0 Å². The molecule has 0 radical (unpaired) electrons. The molecule has 0 unspecified atom stereocenters. The summed E-state index contributed by atoms with van der Waals surface area (Å²) in [6.07, 6.45) is 1.48. The number of halogens is 1. The number of carbonyl (C=O) groups excluding carboxylic acids is 1. The monoisotopic (exact) mass is 403 g/mol. The fourth-order valence-electron chi connectivity index (χ4n) is 3.23. The largest absolute Gasteiger partial charge is 0.460 e. The van der Waals surface area contributed by atoms with Crippen molar-refractivity contribution in [2.24, 2.45) is 0 Å². The van der Waals surface area contributed by atoms with E-state index in [9.17, 15) is 9.18 Å². The molecule has 0 saturated heterocycles. The second kappa shape index (κ2) is 9.94. The number of thioether (sulfide) groups is 1. The Balaban J connectivity index is 1.64. The molecule has 2 aromatic rings. The van der Waals surface area contributed by atoms with E-state index in [0.717, 1.165) is 24.0 Å². The third-order valence-corrected chi connectivity index (χ3v) is 5.50. The van der Waals surface area contributed by atoms with Gasteiger partial charge in [-0.3, -0.25) is 4.79 Å². The molecule has 6 heteroatoms. The Bertz CT molecular complexity index is 800. The quantitative estimate of drug-likeness (QED) is 0.676. The number of ether oxygens (including phenoxy) is 2. The molecule has 1 heterocycles. The average molecular weight is 404 g/mol. The zero-order valence-electron chi connectivity index (χ0n) is 16.2. The Labute approximate surface area is 169 Å². The maximum Gasteiger partial charge on any atom is 0.230 e. The summed E-state index contributed by atoms with van der Waals surface area (Å²) in [7, 11) is 0. The first-order valence-corrected chi connectivity index (χ1v) is 10.7. The number of hydrogen-bond acceptors (Lipinski definition) is 4. The van der Waals surface area contributed by atoms with Crippen molar-refractivity contribution in [2.45, 2.75) is 51.4 Å². The lowest BCUT2D eigenvalue weighted by Gasteiger charge is -2.28. The van der Waals surface area contributed by atoms with Crippen LogP contribution in [0.5, 0.6) is 5.75 Å². The molecule has 0 aliphatic carbocycles. The maximum absolute atomic E-state index is 14.0. The molecule has 2 atom stereocenters. The molecule has 4 nitrogen and oxygen atoms in total. The van der Waals surface area contributed by atoms with Crippen molar-refractivity contribution in [3.8, 4) is 5.75 Å². The third-order valence-electron chi connectivity index (χ3n) is 4.51. The highest BCUT2D eigenvalue weighted by atomic mass is 32.2. The molecular formula is C22H26FNO3S. The minimum absolute atomic E-state index is 0.00244. The van der Waals surface area contributed by atoms with E-state index >= 15 is 0 Å². The van der Waals surface area contributed by atoms with Gasteiger partial charge in [0, 0.05) is 28.5 Å². The third kappa shape index (κ3) is 5.49. The first kappa shape index (κ1) is 20.7. The van der Waals surface area contributed by atoms with E-state index in [-0.39, 0.29) is 17.8 Å². The number of nitrogens with one attached hydrogen (secondary N) is 1. The topological polar surface area (TPSA) is 47.6 Å². The summed E-state index contributed by atoms with van der Waals surface area (Å²) in [6.45, 7) is 4.39. The molecule has 1 amide bonds. The van der Waals surface area contributed by atoms with Gasteiger partial charge in [-0.1, -0.05) is 43.7 Å². The summed E-state index contributed by atoms with van der Waals surface area (Å²) >= 11 is 1.45. The second-order valence-corrected chi connectivity index (χ2v) is 7.96. The molecule has 1 aliphatic rings. The van der Waals surface area contributed by atoms with E-state index in [1.807, 2.05) is 37.3 Å². The van der Waals surface area contributed by atoms with Crippen molar-refractivity contribution in [1.82, 2.24) is 5.32 Å². The summed E-state index contributed by atoms with van der Waals surface area (Å²) < 4.78 is 25.8. The van der Waals surface area contributed by atoms with Gasteiger partial charge in [-0.2, -0.15) is 0 Å². The predicted molar refractivity (Wildman–Crippen MR) is 110 cm³/mol. The number of amides is 1. The van der Waals surface area contributed by atoms with Gasteiger partial charge in [0.25, 0.3) is 0 Å². The fraction of sp³-hybridized carbons (Fsp3) is 0.409. The van der Waals surface area contributed by atoms with Crippen LogP contribution in [0.15, 0.2) is 42.5 Å². The van der Waals surface area contributed by atoms with Gasteiger partial charge in [0.05, 0.1) is 12.4 Å². The number of fused-ring (bicyclic) bond motifs is 1. The molecule has 0 bridgehead atoms. The SMILES string of the molecule is CCC[C@H](C)NC(=O)CSCc1cc(F)cc2c1O[C@@H](c1ccccc1)OC2. The number of rotatable bonds is 8. The summed E-state index contributed by atoms with van der Waals surface area (Å²) in [5.41, 5.74) is 2.36. The number of hydrogen-bond donors (Lipinski definition) is 1. The van der Waals surface area contributed by atoms with Crippen LogP contribution < -0.4 is 10.1 Å². The van der Waals surface area contributed by atoms with Crippen LogP contribution in [0.2, 0.25) is 0 Å². The Hall–Kier alpha value is -2.05. The Morgan fingerprint density at radius 3 is 2.86 bits per heavy atom. The van der Waals surface area contributed by atoms with Crippen LogP contribution in [0, 0.1) is 5.82 Å². The standard InChI is InChI=1S/C22H26FNO3S/c1-3-7-15(2)24-20(25)14-28-13-18-11-19(23)10-17-12-26-22(27-21(17)18)16-8-5-4-6-9-16/h4-6,8-11,15,22H,3,7,12-14H2,1-2H3,(H,24,25)/t15-,22-/m0/s1. The van der Waals surface area contributed by atoms with Gasteiger partial charge in [-0.05, 0) is 25.5 Å². The van der Waals surface area contributed by atoms with Crippen LogP contribution in [0.4, 0.5) is 4.39 Å². The Morgan fingerprint density at radius 1 is 1.32 bits per heavy atom. The van der Waals surface area contributed by atoms with Gasteiger partial charge in [0.1, 0.15) is 11.6 Å². The minimum atomic E-state index is -0.513. The highest BCUT2D eigenvalue weighted by molar-refractivity contribution is 7.99. The van der Waals surface area contributed by atoms with E-state index in [1.165, 1.54) is 23.9 Å². The molecule has 0 spiro atoms. The van der Waals surface area contributed by atoms with Crippen LogP contribution in [0.3, 0.4) is 0 Å². The van der Waals surface area contributed by atoms with Crippen molar-refractivity contribution in [2.75, 3.05) is 5.75 Å². The summed E-state index contributed by atoms with van der Waals surface area (Å²) in [6, 6.07) is 12.8. The molecule has 150 valence electrons. The van der Waals surface area contributed by atoms with Crippen LogP contribution in [0.25, 0.3) is 0 Å². The van der Waals surface area contributed by atoms with Crippen LogP contribution >= 0.6 is 11.8 Å². The number of benzene rings is 2. The molecular weight excluding hydrogens is 377 g/mol. The molecule has 28 heavy (non-hydrogen) atoms. The highest BCUT2D eigenvalue weighted by Crippen LogP contribution is 2.37. The first-order valence-electron chi connectivity index (χ1n) is 9.58. The van der Waals surface area contributed by atoms with Crippen molar-refractivity contribution < 1.29 is 18.7 Å². The molecule has 0 saturated carbocycles. The lowest BCUT2D eigenvalue weighted by atomic mass is 10.1. The first-order chi connectivity index (χ1) is 13.6. The van der Waals surface area contributed by atoms with Gasteiger partial charge < -0.3 is 14.8 Å². The lowest BCUT2D eigenvalue weighted by Crippen LogP contribution is -2.33. The van der Waals surface area contributed by atoms with E-state index in [4.69, 9.17) is 9.47 Å². The van der Waals surface area contributed by atoms with Crippen molar-refractivity contribution >= 4 is 17.7 Å². The van der Waals surface area contributed by atoms with Gasteiger partial charge >= 0.3 is 0 Å². The second-order valence-electron chi connectivity index (χ2n) is 6.97. The molecule has 1 aliphatic heterocycles. The molecule has 0 fully saturated rings. The Kier molecular flexibility index (Phi) is 7.34. The van der Waals surface area contributed by atoms with Crippen LogP contribution in [-0.2, 0) is 21.9 Å². The summed E-state index contributed by atoms with van der Waals surface area (Å²) in [5, 5.41) is 2.98. The van der Waals surface area contributed by atoms with Crippen LogP contribution in [-0.4, -0.2) is 17.7 Å². The molecule has 0 aromatic heterocycles. The Morgan fingerprint density at radius 2 is 2.11 bits per heavy atom. The maximum atomic E-state index is 14.0. The van der Waals surface area contributed by atoms with E-state index in [2.05, 4.69) is 12.2 Å². The van der Waals surface area contributed by atoms with E-state index < -0.39 is 6.29 Å².